The Hall–Kier alpha value is -2.15. The molecule has 1 heterocycles. The Morgan fingerprint density at radius 1 is 0.880 bits per heavy atom. The number of carbonyl (C=O) groups is 2. The standard InChI is InChI=1S/C20H17IN2O2/c21-13-6-5-7-14(12-13)22-17-18(23-10-3-4-11-23)20(25)16-9-2-1-8-15(16)19(17)24/h1-2,5-9,12,22H,3-4,10-11H2. The van der Waals surface area contributed by atoms with Gasteiger partial charge in [0.25, 0.3) is 0 Å². The van der Waals surface area contributed by atoms with Gasteiger partial charge in [-0.1, -0.05) is 30.3 Å². The van der Waals surface area contributed by atoms with Gasteiger partial charge in [0.1, 0.15) is 11.4 Å². The average Bonchev–Trinajstić information content (AvgIpc) is 3.14. The Balaban J connectivity index is 1.84. The highest BCUT2D eigenvalue weighted by molar-refractivity contribution is 14.1. The number of rotatable bonds is 3. The zero-order chi connectivity index (χ0) is 17.4. The van der Waals surface area contributed by atoms with E-state index in [1.54, 1.807) is 18.2 Å². The predicted octanol–water partition coefficient (Wildman–Crippen LogP) is 4.09. The molecule has 0 aromatic heterocycles. The number of carbonyl (C=O) groups excluding carboxylic acids is 2. The van der Waals surface area contributed by atoms with Crippen LogP contribution in [0.3, 0.4) is 0 Å². The lowest BCUT2D eigenvalue weighted by atomic mass is 9.89. The largest absolute Gasteiger partial charge is 0.367 e. The predicted molar refractivity (Wildman–Crippen MR) is 106 cm³/mol. The first-order chi connectivity index (χ1) is 12.1. The van der Waals surface area contributed by atoms with E-state index >= 15 is 0 Å². The van der Waals surface area contributed by atoms with Crippen LogP contribution in [0.1, 0.15) is 33.6 Å². The smallest absolute Gasteiger partial charge is 0.212 e. The summed E-state index contributed by atoms with van der Waals surface area (Å²) < 4.78 is 1.07. The highest BCUT2D eigenvalue weighted by Crippen LogP contribution is 2.31. The Morgan fingerprint density at radius 3 is 2.24 bits per heavy atom. The zero-order valence-electron chi connectivity index (χ0n) is 13.6. The monoisotopic (exact) mass is 444 g/mol. The number of fused-ring (bicyclic) bond motifs is 1. The van der Waals surface area contributed by atoms with Gasteiger partial charge in [0, 0.05) is 33.5 Å². The van der Waals surface area contributed by atoms with Crippen LogP contribution in [-0.4, -0.2) is 29.6 Å². The van der Waals surface area contributed by atoms with Crippen molar-refractivity contribution in [2.45, 2.75) is 12.8 Å². The van der Waals surface area contributed by atoms with Gasteiger partial charge >= 0.3 is 0 Å². The summed E-state index contributed by atoms with van der Waals surface area (Å²) in [6, 6.07) is 14.9. The van der Waals surface area contributed by atoms with E-state index in [1.807, 2.05) is 35.2 Å². The van der Waals surface area contributed by atoms with Crippen LogP contribution in [0.2, 0.25) is 0 Å². The highest BCUT2D eigenvalue weighted by atomic mass is 127. The van der Waals surface area contributed by atoms with Gasteiger partial charge in [0.05, 0.1) is 0 Å². The molecule has 2 aliphatic rings. The van der Waals surface area contributed by atoms with Crippen molar-refractivity contribution in [1.29, 1.82) is 0 Å². The maximum absolute atomic E-state index is 13.1. The molecule has 0 bridgehead atoms. The number of hydrogen-bond acceptors (Lipinski definition) is 4. The molecule has 4 nitrogen and oxygen atoms in total. The van der Waals surface area contributed by atoms with Gasteiger partial charge in [0.2, 0.25) is 11.6 Å². The van der Waals surface area contributed by atoms with E-state index in [2.05, 4.69) is 27.9 Å². The van der Waals surface area contributed by atoms with Gasteiger partial charge in [-0.05, 0) is 53.6 Å². The lowest BCUT2D eigenvalue weighted by Crippen LogP contribution is -2.35. The molecule has 0 amide bonds. The summed E-state index contributed by atoms with van der Waals surface area (Å²) in [5, 5.41) is 3.23. The summed E-state index contributed by atoms with van der Waals surface area (Å²) in [4.78, 5) is 28.3. The Labute approximate surface area is 160 Å². The quantitative estimate of drug-likeness (QED) is 0.725. The molecule has 1 aliphatic carbocycles. The van der Waals surface area contributed by atoms with Gasteiger partial charge in [-0.15, -0.1) is 0 Å². The Bertz CT molecular complexity index is 898. The van der Waals surface area contributed by atoms with Crippen LogP contribution in [0.4, 0.5) is 5.69 Å². The SMILES string of the molecule is O=C1C(Nc2cccc(I)c2)=C(N2CCCC2)C(=O)c2ccccc21. The van der Waals surface area contributed by atoms with E-state index in [-0.39, 0.29) is 11.6 Å². The van der Waals surface area contributed by atoms with Crippen LogP contribution in [0.25, 0.3) is 0 Å². The Morgan fingerprint density at radius 2 is 1.56 bits per heavy atom. The third-order valence-electron chi connectivity index (χ3n) is 4.61. The minimum Gasteiger partial charge on any atom is -0.367 e. The fourth-order valence-electron chi connectivity index (χ4n) is 3.43. The Kier molecular flexibility index (Phi) is 4.33. The molecule has 25 heavy (non-hydrogen) atoms. The number of ketones is 2. The fourth-order valence-corrected chi connectivity index (χ4v) is 3.97. The topological polar surface area (TPSA) is 49.4 Å². The van der Waals surface area contributed by atoms with Crippen LogP contribution in [0.5, 0.6) is 0 Å². The molecule has 1 N–H and O–H groups in total. The van der Waals surface area contributed by atoms with E-state index in [9.17, 15) is 9.59 Å². The summed E-state index contributed by atoms with van der Waals surface area (Å²) in [5.74, 6) is -0.179. The van der Waals surface area contributed by atoms with Crippen molar-refractivity contribution in [3.8, 4) is 0 Å². The number of halogens is 1. The average molecular weight is 444 g/mol. The van der Waals surface area contributed by atoms with Crippen LogP contribution in [0, 0.1) is 3.57 Å². The second kappa shape index (κ2) is 6.63. The number of anilines is 1. The number of benzene rings is 2. The van der Waals surface area contributed by atoms with Crippen molar-refractivity contribution in [3.05, 3.63) is 74.6 Å². The molecule has 1 aliphatic heterocycles. The van der Waals surface area contributed by atoms with Crippen LogP contribution in [0.15, 0.2) is 59.9 Å². The summed E-state index contributed by atoms with van der Waals surface area (Å²) in [7, 11) is 0. The second-order valence-electron chi connectivity index (χ2n) is 6.26. The first-order valence-corrected chi connectivity index (χ1v) is 9.43. The summed E-state index contributed by atoms with van der Waals surface area (Å²) in [6.07, 6.45) is 2.09. The van der Waals surface area contributed by atoms with E-state index in [0.717, 1.165) is 35.2 Å². The van der Waals surface area contributed by atoms with E-state index in [1.165, 1.54) is 0 Å². The van der Waals surface area contributed by atoms with Gasteiger partial charge in [-0.2, -0.15) is 0 Å². The van der Waals surface area contributed by atoms with Crippen molar-refractivity contribution >= 4 is 39.8 Å². The van der Waals surface area contributed by atoms with Gasteiger partial charge in [0.15, 0.2) is 0 Å². The van der Waals surface area contributed by atoms with Crippen molar-refractivity contribution in [3.63, 3.8) is 0 Å². The number of hydrogen-bond donors (Lipinski definition) is 1. The van der Waals surface area contributed by atoms with E-state index in [4.69, 9.17) is 0 Å². The molecule has 0 unspecified atom stereocenters. The van der Waals surface area contributed by atoms with Crippen molar-refractivity contribution < 1.29 is 9.59 Å². The van der Waals surface area contributed by atoms with Crippen molar-refractivity contribution in [2.75, 3.05) is 18.4 Å². The minimum absolute atomic E-state index is 0.0646. The molecule has 0 spiro atoms. The molecule has 4 rings (SSSR count). The van der Waals surface area contributed by atoms with E-state index < -0.39 is 0 Å². The molecular weight excluding hydrogens is 427 g/mol. The molecule has 1 fully saturated rings. The molecule has 5 heteroatoms. The van der Waals surface area contributed by atoms with Crippen LogP contribution < -0.4 is 5.32 Å². The molecule has 0 radical (unpaired) electrons. The number of Topliss-reactive ketones (excluding diaryl/α,β-unsaturated/α-hetero) is 2. The fraction of sp³-hybridized carbons (Fsp3) is 0.200. The molecule has 0 atom stereocenters. The number of nitrogens with one attached hydrogen (secondary N) is 1. The zero-order valence-corrected chi connectivity index (χ0v) is 15.7. The molecule has 2 aromatic carbocycles. The molecule has 126 valence electrons. The summed E-state index contributed by atoms with van der Waals surface area (Å²) in [6.45, 7) is 1.63. The first kappa shape index (κ1) is 16.3. The van der Waals surface area contributed by atoms with Crippen molar-refractivity contribution in [2.24, 2.45) is 0 Å². The normalized spacial score (nSPS) is 17.1. The number of allylic oxidation sites excluding steroid dienone is 2. The maximum Gasteiger partial charge on any atom is 0.212 e. The lowest BCUT2D eigenvalue weighted by molar-refractivity contribution is 0.0948. The lowest BCUT2D eigenvalue weighted by Gasteiger charge is -2.28. The molecule has 2 aromatic rings. The summed E-state index contributed by atoms with van der Waals surface area (Å²) in [5.41, 5.74) is 2.71. The van der Waals surface area contributed by atoms with Gasteiger partial charge < -0.3 is 10.2 Å². The summed E-state index contributed by atoms with van der Waals surface area (Å²) >= 11 is 2.23. The molecule has 0 saturated carbocycles. The van der Waals surface area contributed by atoms with Gasteiger partial charge in [-0.25, -0.2) is 0 Å². The van der Waals surface area contributed by atoms with Crippen LogP contribution >= 0.6 is 22.6 Å². The highest BCUT2D eigenvalue weighted by Gasteiger charge is 2.36. The van der Waals surface area contributed by atoms with Gasteiger partial charge in [-0.3, -0.25) is 9.59 Å². The number of likely N-dealkylation sites (tertiary alicyclic amines) is 1. The second-order valence-corrected chi connectivity index (χ2v) is 7.50. The third-order valence-corrected chi connectivity index (χ3v) is 5.28. The van der Waals surface area contributed by atoms with E-state index in [0.29, 0.717) is 22.5 Å². The maximum atomic E-state index is 13.1. The molecular formula is C20H17IN2O2. The third kappa shape index (κ3) is 2.97. The number of nitrogens with zero attached hydrogens (tertiary/aromatic N) is 1. The van der Waals surface area contributed by atoms with Crippen molar-refractivity contribution in [1.82, 2.24) is 4.90 Å². The van der Waals surface area contributed by atoms with Crippen LogP contribution in [-0.2, 0) is 0 Å². The first-order valence-electron chi connectivity index (χ1n) is 8.35. The molecule has 1 saturated heterocycles. The minimum atomic E-state index is -0.115.